The lowest BCUT2D eigenvalue weighted by Gasteiger charge is -2.34. The van der Waals surface area contributed by atoms with Gasteiger partial charge in [-0.3, -0.25) is 4.79 Å². The number of amides is 1. The maximum Gasteiger partial charge on any atom is 0.218 e. The van der Waals surface area contributed by atoms with Crippen LogP contribution in [0.25, 0.3) is 0 Å². The lowest BCUT2D eigenvalue weighted by atomic mass is 9.92. The molecule has 0 bridgehead atoms. The highest BCUT2D eigenvalue weighted by Crippen LogP contribution is 2.20. The van der Waals surface area contributed by atoms with Crippen LogP contribution in [0, 0.1) is 11.8 Å². The molecule has 1 rings (SSSR count). The van der Waals surface area contributed by atoms with Gasteiger partial charge in [-0.1, -0.05) is 13.8 Å². The molecular formula is C12H24N2O3S. The summed E-state index contributed by atoms with van der Waals surface area (Å²) in [7, 11) is -3.15. The fourth-order valence-corrected chi connectivity index (χ4v) is 3.85. The summed E-state index contributed by atoms with van der Waals surface area (Å²) in [5, 5.41) is 0. The lowest BCUT2D eigenvalue weighted by Crippen LogP contribution is -2.41. The number of carbonyl (C=O) groups is 1. The number of rotatable bonds is 6. The van der Waals surface area contributed by atoms with Crippen LogP contribution in [0.1, 0.15) is 26.7 Å². The van der Waals surface area contributed by atoms with E-state index in [0.29, 0.717) is 18.4 Å². The minimum Gasteiger partial charge on any atom is -0.370 e. The van der Waals surface area contributed by atoms with Crippen LogP contribution < -0.4 is 5.73 Å². The van der Waals surface area contributed by atoms with Crippen molar-refractivity contribution < 1.29 is 13.2 Å². The Morgan fingerprint density at radius 3 is 2.28 bits per heavy atom. The minimum atomic E-state index is -3.15. The maximum absolute atomic E-state index is 11.7. The molecule has 0 aromatic rings. The highest BCUT2D eigenvalue weighted by atomic mass is 32.2. The predicted octanol–water partition coefficient (Wildman–Crippen LogP) is 0.255. The molecule has 2 N–H and O–H groups in total. The highest BCUT2D eigenvalue weighted by molar-refractivity contribution is 7.91. The van der Waals surface area contributed by atoms with Gasteiger partial charge in [0.15, 0.2) is 9.84 Å². The zero-order chi connectivity index (χ0) is 13.8. The van der Waals surface area contributed by atoms with Gasteiger partial charge in [0, 0.05) is 26.1 Å². The SMILES string of the molecule is C[C@@H]1C[C@H](C)CN(CCS(=O)(=O)CCC(N)=O)C1. The fraction of sp³-hybridized carbons (Fsp3) is 0.917. The Morgan fingerprint density at radius 2 is 1.78 bits per heavy atom. The topological polar surface area (TPSA) is 80.5 Å². The number of primary amides is 1. The van der Waals surface area contributed by atoms with Crippen molar-refractivity contribution in [1.29, 1.82) is 0 Å². The Morgan fingerprint density at radius 1 is 1.22 bits per heavy atom. The molecule has 0 spiro atoms. The molecule has 1 heterocycles. The van der Waals surface area contributed by atoms with Crippen molar-refractivity contribution in [2.45, 2.75) is 26.7 Å². The van der Waals surface area contributed by atoms with Gasteiger partial charge < -0.3 is 10.6 Å². The number of carbonyl (C=O) groups excluding carboxylic acids is 1. The Balaban J connectivity index is 2.37. The molecule has 106 valence electrons. The number of piperidine rings is 1. The largest absolute Gasteiger partial charge is 0.370 e. The smallest absolute Gasteiger partial charge is 0.218 e. The van der Waals surface area contributed by atoms with Crippen LogP contribution in [0.4, 0.5) is 0 Å². The average molecular weight is 276 g/mol. The van der Waals surface area contributed by atoms with Gasteiger partial charge >= 0.3 is 0 Å². The molecule has 1 amide bonds. The molecule has 1 fully saturated rings. The lowest BCUT2D eigenvalue weighted by molar-refractivity contribution is -0.117. The zero-order valence-electron chi connectivity index (χ0n) is 11.3. The molecule has 6 heteroatoms. The van der Waals surface area contributed by atoms with Crippen molar-refractivity contribution in [3.05, 3.63) is 0 Å². The third-order valence-corrected chi connectivity index (χ3v) is 4.95. The normalized spacial score (nSPS) is 26.1. The highest BCUT2D eigenvalue weighted by Gasteiger charge is 2.23. The fourth-order valence-electron chi connectivity index (χ4n) is 2.60. The third-order valence-electron chi connectivity index (χ3n) is 3.32. The van der Waals surface area contributed by atoms with Gasteiger partial charge in [-0.25, -0.2) is 8.42 Å². The molecular weight excluding hydrogens is 252 g/mol. The van der Waals surface area contributed by atoms with Gasteiger partial charge in [-0.05, 0) is 18.3 Å². The summed E-state index contributed by atoms with van der Waals surface area (Å²) < 4.78 is 23.4. The Kier molecular flexibility index (Phi) is 5.59. The molecule has 0 saturated carbocycles. The Bertz CT molecular complexity index is 371. The van der Waals surface area contributed by atoms with E-state index in [4.69, 9.17) is 5.73 Å². The monoisotopic (exact) mass is 276 g/mol. The first kappa shape index (κ1) is 15.4. The van der Waals surface area contributed by atoms with Crippen molar-refractivity contribution in [2.24, 2.45) is 17.6 Å². The summed E-state index contributed by atoms with van der Waals surface area (Å²) in [5.41, 5.74) is 4.96. The first-order chi connectivity index (χ1) is 8.28. The summed E-state index contributed by atoms with van der Waals surface area (Å²) in [6.07, 6.45) is 1.14. The molecule has 1 aliphatic heterocycles. The number of hydrogen-bond acceptors (Lipinski definition) is 4. The zero-order valence-corrected chi connectivity index (χ0v) is 12.1. The van der Waals surface area contributed by atoms with Gasteiger partial charge in [-0.15, -0.1) is 0 Å². The maximum atomic E-state index is 11.7. The number of sulfone groups is 1. The van der Waals surface area contributed by atoms with Crippen LogP contribution in [0.15, 0.2) is 0 Å². The van der Waals surface area contributed by atoms with E-state index in [-0.39, 0.29) is 17.9 Å². The molecule has 5 nitrogen and oxygen atoms in total. The average Bonchev–Trinajstić information content (AvgIpc) is 2.23. The van der Waals surface area contributed by atoms with Crippen molar-refractivity contribution in [3.8, 4) is 0 Å². The second kappa shape index (κ2) is 6.52. The second-order valence-electron chi connectivity index (χ2n) is 5.57. The van der Waals surface area contributed by atoms with Gasteiger partial charge in [0.1, 0.15) is 0 Å². The van der Waals surface area contributed by atoms with E-state index in [1.165, 1.54) is 6.42 Å². The molecule has 0 unspecified atom stereocenters. The van der Waals surface area contributed by atoms with Gasteiger partial charge in [0.05, 0.1) is 11.5 Å². The van der Waals surface area contributed by atoms with E-state index >= 15 is 0 Å². The quantitative estimate of drug-likeness (QED) is 0.754. The summed E-state index contributed by atoms with van der Waals surface area (Å²) >= 11 is 0. The second-order valence-corrected chi connectivity index (χ2v) is 7.88. The summed E-state index contributed by atoms with van der Waals surface area (Å²) in [6, 6.07) is 0. The van der Waals surface area contributed by atoms with Gasteiger partial charge in [-0.2, -0.15) is 0 Å². The minimum absolute atomic E-state index is 0.0743. The van der Waals surface area contributed by atoms with Crippen molar-refractivity contribution >= 4 is 15.7 Å². The van der Waals surface area contributed by atoms with E-state index < -0.39 is 15.7 Å². The van der Waals surface area contributed by atoms with Crippen molar-refractivity contribution in [3.63, 3.8) is 0 Å². The van der Waals surface area contributed by atoms with Crippen LogP contribution in [-0.4, -0.2) is 50.4 Å². The standard InChI is InChI=1S/C12H24N2O3S/c1-10-7-11(2)9-14(8-10)4-6-18(16,17)5-3-12(13)15/h10-11H,3-9H2,1-2H3,(H2,13,15)/t10-,11+. The van der Waals surface area contributed by atoms with E-state index in [1.54, 1.807) is 0 Å². The molecule has 2 atom stereocenters. The van der Waals surface area contributed by atoms with Crippen molar-refractivity contribution in [2.75, 3.05) is 31.1 Å². The van der Waals surface area contributed by atoms with Crippen LogP contribution in [-0.2, 0) is 14.6 Å². The Hall–Kier alpha value is -0.620. The summed E-state index contributed by atoms with van der Waals surface area (Å²) in [6.45, 7) is 6.90. The van der Waals surface area contributed by atoms with Gasteiger partial charge in [0.2, 0.25) is 5.91 Å². The van der Waals surface area contributed by atoms with Crippen LogP contribution in [0.3, 0.4) is 0 Å². The van der Waals surface area contributed by atoms with E-state index in [1.807, 2.05) is 0 Å². The van der Waals surface area contributed by atoms with Gasteiger partial charge in [0.25, 0.3) is 0 Å². The van der Waals surface area contributed by atoms with Crippen LogP contribution in [0.2, 0.25) is 0 Å². The first-order valence-electron chi connectivity index (χ1n) is 6.49. The summed E-state index contributed by atoms with van der Waals surface area (Å²) in [4.78, 5) is 12.8. The number of nitrogens with zero attached hydrogens (tertiary/aromatic N) is 1. The molecule has 1 aliphatic rings. The van der Waals surface area contributed by atoms with E-state index in [0.717, 1.165) is 13.1 Å². The molecule has 18 heavy (non-hydrogen) atoms. The summed E-state index contributed by atoms with van der Waals surface area (Å²) in [5.74, 6) is 0.698. The number of nitrogens with two attached hydrogens (primary N) is 1. The molecule has 1 saturated heterocycles. The predicted molar refractivity (Wildman–Crippen MR) is 71.9 cm³/mol. The van der Waals surface area contributed by atoms with E-state index in [2.05, 4.69) is 18.7 Å². The number of likely N-dealkylation sites (tertiary alicyclic amines) is 1. The molecule has 0 radical (unpaired) electrons. The molecule has 0 aromatic heterocycles. The third kappa shape index (κ3) is 5.82. The molecule has 0 aromatic carbocycles. The van der Waals surface area contributed by atoms with Crippen LogP contribution in [0.5, 0.6) is 0 Å². The number of hydrogen-bond donors (Lipinski definition) is 1. The van der Waals surface area contributed by atoms with Crippen LogP contribution >= 0.6 is 0 Å². The first-order valence-corrected chi connectivity index (χ1v) is 8.31. The Labute approximate surface area is 110 Å². The van der Waals surface area contributed by atoms with Crippen molar-refractivity contribution in [1.82, 2.24) is 4.90 Å². The molecule has 0 aliphatic carbocycles. The van der Waals surface area contributed by atoms with E-state index in [9.17, 15) is 13.2 Å².